The Labute approximate surface area is 139 Å². The van der Waals surface area contributed by atoms with Gasteiger partial charge in [0.25, 0.3) is 0 Å². The lowest BCUT2D eigenvalue weighted by Gasteiger charge is -2.24. The molecule has 1 amide bonds. The number of hydrogen-bond donors (Lipinski definition) is 1. The summed E-state index contributed by atoms with van der Waals surface area (Å²) in [6, 6.07) is 6.18. The summed E-state index contributed by atoms with van der Waals surface area (Å²) in [5.41, 5.74) is 0.529. The van der Waals surface area contributed by atoms with Crippen molar-refractivity contribution in [2.45, 2.75) is 31.8 Å². The Kier molecular flexibility index (Phi) is 5.05. The molecule has 1 atom stereocenters. The fourth-order valence-corrected chi connectivity index (χ4v) is 3.70. The number of rotatable bonds is 6. The van der Waals surface area contributed by atoms with E-state index in [1.807, 2.05) is 22.3 Å². The molecule has 6 nitrogen and oxygen atoms in total. The molecule has 0 aliphatic carbocycles. The number of thiophene rings is 1. The summed E-state index contributed by atoms with van der Waals surface area (Å²) in [6.07, 6.45) is 6.52. The van der Waals surface area contributed by atoms with Crippen LogP contribution in [0.3, 0.4) is 0 Å². The molecule has 7 heteroatoms. The summed E-state index contributed by atoms with van der Waals surface area (Å²) in [7, 11) is 0. The normalized spacial score (nSPS) is 18.0. The van der Waals surface area contributed by atoms with E-state index in [1.54, 1.807) is 12.3 Å². The van der Waals surface area contributed by atoms with Gasteiger partial charge in [-0.05, 0) is 36.9 Å². The van der Waals surface area contributed by atoms with Crippen LogP contribution in [-0.2, 0) is 11.3 Å². The standard InChI is InChI=1S/C16H19N5OS/c17-11-13-5-10-23-16(13)19-15(22)4-9-20-7-1-3-14(20)12-21-8-2-6-18-21/h2,5-6,8,10,14H,1,3-4,7,9,12H2,(H,19,22). The molecule has 1 saturated heterocycles. The predicted octanol–water partition coefficient (Wildman–Crippen LogP) is 2.31. The Hall–Kier alpha value is -2.17. The number of carbonyl (C=O) groups is 1. The molecular weight excluding hydrogens is 310 g/mol. The van der Waals surface area contributed by atoms with Crippen LogP contribution in [-0.4, -0.2) is 39.7 Å². The number of nitrogens with zero attached hydrogens (tertiary/aromatic N) is 4. The van der Waals surface area contributed by atoms with Crippen molar-refractivity contribution < 1.29 is 4.79 Å². The van der Waals surface area contributed by atoms with Crippen LogP contribution in [0.1, 0.15) is 24.8 Å². The molecule has 2 aromatic rings. The zero-order valence-corrected chi connectivity index (χ0v) is 13.6. The van der Waals surface area contributed by atoms with Crippen LogP contribution in [0.15, 0.2) is 29.9 Å². The van der Waals surface area contributed by atoms with Crippen LogP contribution in [0.25, 0.3) is 0 Å². The second kappa shape index (κ2) is 7.40. The van der Waals surface area contributed by atoms with Gasteiger partial charge < -0.3 is 5.32 Å². The van der Waals surface area contributed by atoms with Crippen molar-refractivity contribution >= 4 is 22.2 Å². The van der Waals surface area contributed by atoms with Gasteiger partial charge in [0.15, 0.2) is 0 Å². The number of anilines is 1. The van der Waals surface area contributed by atoms with Gasteiger partial charge in [-0.1, -0.05) is 0 Å². The maximum absolute atomic E-state index is 12.1. The third-order valence-electron chi connectivity index (χ3n) is 4.12. The van der Waals surface area contributed by atoms with Crippen molar-refractivity contribution in [2.75, 3.05) is 18.4 Å². The van der Waals surface area contributed by atoms with Crippen molar-refractivity contribution in [3.63, 3.8) is 0 Å². The molecule has 120 valence electrons. The summed E-state index contributed by atoms with van der Waals surface area (Å²) in [5, 5.41) is 18.5. The molecule has 1 aliphatic heterocycles. The van der Waals surface area contributed by atoms with Gasteiger partial charge in [-0.25, -0.2) is 0 Å². The van der Waals surface area contributed by atoms with Gasteiger partial charge in [0, 0.05) is 31.4 Å². The quantitative estimate of drug-likeness (QED) is 0.882. The molecule has 3 heterocycles. The highest BCUT2D eigenvalue weighted by Gasteiger charge is 2.25. The molecule has 0 saturated carbocycles. The Morgan fingerprint density at radius 3 is 3.26 bits per heavy atom. The van der Waals surface area contributed by atoms with Crippen molar-refractivity contribution in [1.82, 2.24) is 14.7 Å². The van der Waals surface area contributed by atoms with Crippen molar-refractivity contribution in [3.8, 4) is 6.07 Å². The number of aromatic nitrogens is 2. The lowest BCUT2D eigenvalue weighted by atomic mass is 10.2. The molecular formula is C16H19N5OS. The van der Waals surface area contributed by atoms with Crippen molar-refractivity contribution in [2.24, 2.45) is 0 Å². The second-order valence-electron chi connectivity index (χ2n) is 5.63. The average Bonchev–Trinajstić information content (AvgIpc) is 3.28. The van der Waals surface area contributed by atoms with Crippen LogP contribution in [0.4, 0.5) is 5.00 Å². The van der Waals surface area contributed by atoms with Gasteiger partial charge in [-0.3, -0.25) is 14.4 Å². The first-order valence-electron chi connectivity index (χ1n) is 7.75. The number of nitriles is 1. The smallest absolute Gasteiger partial charge is 0.226 e. The Bertz CT molecular complexity index is 688. The molecule has 1 fully saturated rings. The SMILES string of the molecule is N#Cc1ccsc1NC(=O)CCN1CCCC1Cn1cccn1. The maximum Gasteiger partial charge on any atom is 0.226 e. The van der Waals surface area contributed by atoms with Gasteiger partial charge in [-0.2, -0.15) is 10.4 Å². The molecule has 1 aliphatic rings. The molecule has 3 rings (SSSR count). The lowest BCUT2D eigenvalue weighted by Crippen LogP contribution is -2.35. The van der Waals surface area contributed by atoms with Gasteiger partial charge in [0.05, 0.1) is 12.1 Å². The first-order chi connectivity index (χ1) is 11.3. The van der Waals surface area contributed by atoms with E-state index in [1.165, 1.54) is 11.3 Å². The minimum absolute atomic E-state index is 0.0336. The third-order valence-corrected chi connectivity index (χ3v) is 4.95. The molecule has 1 unspecified atom stereocenters. The van der Waals surface area contributed by atoms with Gasteiger partial charge in [0.2, 0.25) is 5.91 Å². The topological polar surface area (TPSA) is 74.0 Å². The zero-order valence-electron chi connectivity index (χ0n) is 12.8. The summed E-state index contributed by atoms with van der Waals surface area (Å²) in [6.45, 7) is 2.64. The zero-order chi connectivity index (χ0) is 16.1. The van der Waals surface area contributed by atoms with Crippen LogP contribution in [0, 0.1) is 11.3 Å². The van der Waals surface area contributed by atoms with E-state index in [0.29, 0.717) is 23.0 Å². The molecule has 0 bridgehead atoms. The largest absolute Gasteiger partial charge is 0.317 e. The van der Waals surface area contributed by atoms with E-state index >= 15 is 0 Å². The fraction of sp³-hybridized carbons (Fsp3) is 0.438. The van der Waals surface area contributed by atoms with E-state index in [0.717, 1.165) is 32.5 Å². The van der Waals surface area contributed by atoms with Crippen LogP contribution < -0.4 is 5.32 Å². The van der Waals surface area contributed by atoms with E-state index < -0.39 is 0 Å². The Morgan fingerprint density at radius 1 is 1.57 bits per heavy atom. The highest BCUT2D eigenvalue weighted by atomic mass is 32.1. The van der Waals surface area contributed by atoms with E-state index in [9.17, 15) is 4.79 Å². The molecule has 23 heavy (non-hydrogen) atoms. The predicted molar refractivity (Wildman–Crippen MR) is 89.1 cm³/mol. The highest BCUT2D eigenvalue weighted by Crippen LogP contribution is 2.23. The minimum atomic E-state index is -0.0336. The Morgan fingerprint density at radius 2 is 2.48 bits per heavy atom. The molecule has 1 N–H and O–H groups in total. The maximum atomic E-state index is 12.1. The van der Waals surface area contributed by atoms with Gasteiger partial charge in [-0.15, -0.1) is 11.3 Å². The fourth-order valence-electron chi connectivity index (χ4n) is 2.95. The summed E-state index contributed by atoms with van der Waals surface area (Å²) in [5.74, 6) is -0.0336. The number of amides is 1. The van der Waals surface area contributed by atoms with Crippen molar-refractivity contribution in [1.29, 1.82) is 5.26 Å². The number of hydrogen-bond acceptors (Lipinski definition) is 5. The van der Waals surface area contributed by atoms with Gasteiger partial charge >= 0.3 is 0 Å². The van der Waals surface area contributed by atoms with Crippen LogP contribution >= 0.6 is 11.3 Å². The average molecular weight is 329 g/mol. The van der Waals surface area contributed by atoms with Crippen molar-refractivity contribution in [3.05, 3.63) is 35.5 Å². The van der Waals surface area contributed by atoms with E-state index in [-0.39, 0.29) is 5.91 Å². The minimum Gasteiger partial charge on any atom is -0.317 e. The number of carbonyl (C=O) groups excluding carboxylic acids is 1. The number of likely N-dealkylation sites (tertiary alicyclic amines) is 1. The molecule has 2 aromatic heterocycles. The first kappa shape index (κ1) is 15.7. The summed E-state index contributed by atoms with van der Waals surface area (Å²) < 4.78 is 1.95. The Balaban J connectivity index is 1.49. The summed E-state index contributed by atoms with van der Waals surface area (Å²) >= 11 is 1.38. The van der Waals surface area contributed by atoms with Crippen LogP contribution in [0.2, 0.25) is 0 Å². The van der Waals surface area contributed by atoms with Crippen LogP contribution in [0.5, 0.6) is 0 Å². The highest BCUT2D eigenvalue weighted by molar-refractivity contribution is 7.14. The molecule has 0 spiro atoms. The molecule has 0 aromatic carbocycles. The molecule has 0 radical (unpaired) electrons. The monoisotopic (exact) mass is 329 g/mol. The lowest BCUT2D eigenvalue weighted by molar-refractivity contribution is -0.116. The number of nitrogens with one attached hydrogen (secondary N) is 1. The summed E-state index contributed by atoms with van der Waals surface area (Å²) in [4.78, 5) is 14.5. The van der Waals surface area contributed by atoms with E-state index in [2.05, 4.69) is 21.4 Å². The first-order valence-corrected chi connectivity index (χ1v) is 8.63. The third kappa shape index (κ3) is 3.97. The second-order valence-corrected chi connectivity index (χ2v) is 6.55. The van der Waals surface area contributed by atoms with E-state index in [4.69, 9.17) is 5.26 Å². The van der Waals surface area contributed by atoms with Gasteiger partial charge in [0.1, 0.15) is 11.1 Å².